The molecule has 1 aliphatic rings. The van der Waals surface area contributed by atoms with Crippen LogP contribution in [0.5, 0.6) is 0 Å². The Balaban J connectivity index is 2.15. The molecule has 1 saturated heterocycles. The second-order valence-corrected chi connectivity index (χ2v) is 4.11. The average molecular weight is 184 g/mol. The van der Waals surface area contributed by atoms with Crippen molar-refractivity contribution in [2.24, 2.45) is 5.73 Å². The van der Waals surface area contributed by atoms with E-state index in [9.17, 15) is 0 Å². The van der Waals surface area contributed by atoms with Gasteiger partial charge >= 0.3 is 0 Å². The molecule has 1 radical (unpaired) electrons. The molecule has 0 spiro atoms. The van der Waals surface area contributed by atoms with Crippen LogP contribution in [0.2, 0.25) is 0 Å². The monoisotopic (exact) mass is 184 g/mol. The summed E-state index contributed by atoms with van der Waals surface area (Å²) in [6.07, 6.45) is 0. The fraction of sp³-hybridized carbons (Fsp3) is 0.900. The summed E-state index contributed by atoms with van der Waals surface area (Å²) >= 11 is 0. The summed E-state index contributed by atoms with van der Waals surface area (Å²) in [6, 6.07) is 0. The van der Waals surface area contributed by atoms with Crippen molar-refractivity contribution in [3.8, 4) is 0 Å². The summed E-state index contributed by atoms with van der Waals surface area (Å²) in [5.74, 6) is 1.51. The van der Waals surface area contributed by atoms with Crippen molar-refractivity contribution in [2.75, 3.05) is 45.8 Å². The molecule has 0 aromatic heterocycles. The zero-order valence-electron chi connectivity index (χ0n) is 8.92. The minimum absolute atomic E-state index is 0.791. The highest BCUT2D eigenvalue weighted by atomic mass is 15.3. The van der Waals surface area contributed by atoms with Crippen LogP contribution in [0, 0.1) is 5.92 Å². The zero-order valence-corrected chi connectivity index (χ0v) is 8.92. The van der Waals surface area contributed by atoms with Gasteiger partial charge < -0.3 is 10.6 Å². The smallest absolute Gasteiger partial charge is 0.0110 e. The van der Waals surface area contributed by atoms with Gasteiger partial charge in [0.1, 0.15) is 0 Å². The highest BCUT2D eigenvalue weighted by Gasteiger charge is 2.16. The number of piperazine rings is 1. The summed E-state index contributed by atoms with van der Waals surface area (Å²) in [7, 11) is 0. The Morgan fingerprint density at radius 3 is 2.08 bits per heavy atom. The van der Waals surface area contributed by atoms with E-state index in [2.05, 4.69) is 23.6 Å². The molecule has 0 unspecified atom stereocenters. The van der Waals surface area contributed by atoms with Gasteiger partial charge in [0.2, 0.25) is 0 Å². The van der Waals surface area contributed by atoms with Crippen LogP contribution in [0.25, 0.3) is 0 Å². The number of rotatable bonds is 4. The first-order chi connectivity index (χ1) is 6.22. The number of nitrogens with zero attached hydrogens (tertiary/aromatic N) is 2. The Kier molecular flexibility index (Phi) is 4.70. The van der Waals surface area contributed by atoms with Gasteiger partial charge in [-0.2, -0.15) is 0 Å². The predicted octanol–water partition coefficient (Wildman–Crippen LogP) is 0.177. The lowest BCUT2D eigenvalue weighted by Crippen LogP contribution is -2.48. The third kappa shape index (κ3) is 4.07. The van der Waals surface area contributed by atoms with Gasteiger partial charge in [-0.15, -0.1) is 0 Å². The number of hydrogen-bond acceptors (Lipinski definition) is 3. The lowest BCUT2D eigenvalue weighted by Gasteiger charge is -2.35. The number of nitrogens with two attached hydrogens (primary N) is 1. The fourth-order valence-electron chi connectivity index (χ4n) is 1.80. The van der Waals surface area contributed by atoms with E-state index in [0.29, 0.717) is 0 Å². The minimum atomic E-state index is 0.791. The van der Waals surface area contributed by atoms with Crippen molar-refractivity contribution in [2.45, 2.75) is 13.8 Å². The van der Waals surface area contributed by atoms with Gasteiger partial charge in [0, 0.05) is 45.8 Å². The molecule has 0 amide bonds. The van der Waals surface area contributed by atoms with E-state index in [-0.39, 0.29) is 0 Å². The molecule has 2 N–H and O–H groups in total. The average Bonchev–Trinajstić information content (AvgIpc) is 2.08. The van der Waals surface area contributed by atoms with E-state index in [1.807, 2.05) is 0 Å². The van der Waals surface area contributed by atoms with Gasteiger partial charge in [0.05, 0.1) is 0 Å². The Bertz CT molecular complexity index is 128. The third-order valence-corrected chi connectivity index (χ3v) is 2.45. The first-order valence-corrected chi connectivity index (χ1v) is 5.16. The molecule has 1 fully saturated rings. The third-order valence-electron chi connectivity index (χ3n) is 2.45. The van der Waals surface area contributed by atoms with Crippen LogP contribution in [-0.4, -0.2) is 55.6 Å². The molecule has 0 bridgehead atoms. The molecule has 0 atom stereocenters. The molecule has 1 aliphatic heterocycles. The van der Waals surface area contributed by atoms with Crippen LogP contribution in [0.4, 0.5) is 0 Å². The standard InChI is InChI=1S/C10H22N3/c1-10(2)9-13-7-5-12(4-3-11)6-8-13/h3-9,11H2,1-2H3. The maximum absolute atomic E-state index is 5.52. The van der Waals surface area contributed by atoms with E-state index in [0.717, 1.165) is 19.6 Å². The van der Waals surface area contributed by atoms with Crippen molar-refractivity contribution < 1.29 is 0 Å². The van der Waals surface area contributed by atoms with Crippen molar-refractivity contribution in [3.63, 3.8) is 0 Å². The van der Waals surface area contributed by atoms with Crippen molar-refractivity contribution in [3.05, 3.63) is 5.92 Å². The summed E-state index contributed by atoms with van der Waals surface area (Å²) in [5, 5.41) is 0. The second-order valence-electron chi connectivity index (χ2n) is 4.11. The fourth-order valence-corrected chi connectivity index (χ4v) is 1.80. The van der Waals surface area contributed by atoms with Gasteiger partial charge in [-0.05, 0) is 5.92 Å². The van der Waals surface area contributed by atoms with E-state index < -0.39 is 0 Å². The van der Waals surface area contributed by atoms with Gasteiger partial charge in [-0.25, -0.2) is 0 Å². The molecule has 0 aromatic rings. The highest BCUT2D eigenvalue weighted by Crippen LogP contribution is 2.05. The topological polar surface area (TPSA) is 32.5 Å². The molecule has 77 valence electrons. The molecule has 0 saturated carbocycles. The molecule has 3 heteroatoms. The minimum Gasteiger partial charge on any atom is -0.329 e. The SMILES string of the molecule is C[C](C)CN1CCN(CCN)CC1. The molecule has 0 aromatic carbocycles. The van der Waals surface area contributed by atoms with Crippen molar-refractivity contribution in [1.82, 2.24) is 9.80 Å². The van der Waals surface area contributed by atoms with Crippen LogP contribution in [0.15, 0.2) is 0 Å². The second kappa shape index (κ2) is 5.58. The number of hydrogen-bond donors (Lipinski definition) is 1. The van der Waals surface area contributed by atoms with Gasteiger partial charge in [-0.3, -0.25) is 4.90 Å². The largest absolute Gasteiger partial charge is 0.329 e. The molecular weight excluding hydrogens is 162 g/mol. The van der Waals surface area contributed by atoms with Crippen molar-refractivity contribution >= 4 is 0 Å². The van der Waals surface area contributed by atoms with Crippen LogP contribution >= 0.6 is 0 Å². The molecule has 13 heavy (non-hydrogen) atoms. The summed E-state index contributed by atoms with van der Waals surface area (Å²) in [6.45, 7) is 12.2. The molecular formula is C10H22N3. The lowest BCUT2D eigenvalue weighted by atomic mass is 10.2. The van der Waals surface area contributed by atoms with Gasteiger partial charge in [0.25, 0.3) is 0 Å². The Morgan fingerprint density at radius 1 is 1.08 bits per heavy atom. The molecule has 1 rings (SSSR count). The van der Waals surface area contributed by atoms with Gasteiger partial charge in [-0.1, -0.05) is 13.8 Å². The summed E-state index contributed by atoms with van der Waals surface area (Å²) in [4.78, 5) is 4.96. The summed E-state index contributed by atoms with van der Waals surface area (Å²) in [5.41, 5.74) is 5.52. The quantitative estimate of drug-likeness (QED) is 0.676. The van der Waals surface area contributed by atoms with Crippen LogP contribution in [0.1, 0.15) is 13.8 Å². The Hall–Kier alpha value is -0.120. The Labute approximate surface area is 81.9 Å². The van der Waals surface area contributed by atoms with Crippen LogP contribution in [0.3, 0.4) is 0 Å². The lowest BCUT2D eigenvalue weighted by molar-refractivity contribution is 0.139. The maximum Gasteiger partial charge on any atom is 0.0110 e. The van der Waals surface area contributed by atoms with Crippen LogP contribution in [-0.2, 0) is 0 Å². The van der Waals surface area contributed by atoms with Crippen molar-refractivity contribution in [1.29, 1.82) is 0 Å². The Morgan fingerprint density at radius 2 is 1.62 bits per heavy atom. The van der Waals surface area contributed by atoms with Gasteiger partial charge in [0.15, 0.2) is 0 Å². The van der Waals surface area contributed by atoms with E-state index in [1.165, 1.54) is 32.1 Å². The highest BCUT2D eigenvalue weighted by molar-refractivity contribution is 4.84. The predicted molar refractivity (Wildman–Crippen MR) is 56.5 cm³/mol. The zero-order chi connectivity index (χ0) is 9.68. The first-order valence-electron chi connectivity index (χ1n) is 5.16. The first kappa shape index (κ1) is 11.0. The normalized spacial score (nSPS) is 21.2. The van der Waals surface area contributed by atoms with E-state index >= 15 is 0 Å². The molecule has 3 nitrogen and oxygen atoms in total. The summed E-state index contributed by atoms with van der Waals surface area (Å²) < 4.78 is 0. The molecule has 0 aliphatic carbocycles. The molecule has 1 heterocycles. The van der Waals surface area contributed by atoms with Crippen LogP contribution < -0.4 is 5.73 Å². The van der Waals surface area contributed by atoms with E-state index in [1.54, 1.807) is 0 Å². The van der Waals surface area contributed by atoms with E-state index in [4.69, 9.17) is 5.73 Å². The maximum atomic E-state index is 5.52.